The molecule has 1 aliphatic rings. The Labute approximate surface area is 214 Å². The summed E-state index contributed by atoms with van der Waals surface area (Å²) in [4.78, 5) is 17.2. The van der Waals surface area contributed by atoms with Crippen LogP contribution in [0.1, 0.15) is 65.2 Å². The van der Waals surface area contributed by atoms with Crippen LogP contribution in [0.3, 0.4) is 0 Å². The van der Waals surface area contributed by atoms with Gasteiger partial charge in [0.1, 0.15) is 0 Å². The molecule has 0 saturated heterocycles. The first-order valence-electron chi connectivity index (χ1n) is 12.6. The quantitative estimate of drug-likeness (QED) is 0.361. The van der Waals surface area contributed by atoms with Crippen LogP contribution in [0.4, 0.5) is 0 Å². The number of nitrogens with two attached hydrogens (primary N) is 1. The summed E-state index contributed by atoms with van der Waals surface area (Å²) in [5.41, 5.74) is 10.0. The molecule has 1 aliphatic carbocycles. The molecule has 1 unspecified atom stereocenters. The average Bonchev–Trinajstić information content (AvgIpc) is 3.38. The molecule has 1 atom stereocenters. The molecular weight excluding hydrogens is 446 g/mol. The lowest BCUT2D eigenvalue weighted by molar-refractivity contribution is 0.0789. The molecule has 1 saturated carbocycles. The first kappa shape index (κ1) is 25.6. The molecule has 1 amide bonds. The Morgan fingerprint density at radius 2 is 1.64 bits per heavy atom. The van der Waals surface area contributed by atoms with Crippen molar-refractivity contribution in [2.75, 3.05) is 6.61 Å². The molecule has 0 aromatic heterocycles. The Bertz CT molecular complexity index is 1190. The predicted molar refractivity (Wildman–Crippen MR) is 143 cm³/mol. The van der Waals surface area contributed by atoms with Gasteiger partial charge in [0.25, 0.3) is 11.4 Å². The molecule has 5 heteroatoms. The van der Waals surface area contributed by atoms with E-state index in [0.717, 1.165) is 42.4 Å². The van der Waals surface area contributed by atoms with Gasteiger partial charge in [0.05, 0.1) is 13.2 Å². The highest BCUT2D eigenvalue weighted by molar-refractivity contribution is 5.94. The zero-order valence-corrected chi connectivity index (χ0v) is 21.0. The summed E-state index contributed by atoms with van der Waals surface area (Å²) < 4.78 is 6.07. The number of nitrogens with one attached hydrogen (secondary N) is 1. The van der Waals surface area contributed by atoms with E-state index in [4.69, 9.17) is 17.0 Å². The summed E-state index contributed by atoms with van der Waals surface area (Å²) in [5.74, 6) is -0.146. The zero-order valence-electron chi connectivity index (χ0n) is 21.0. The van der Waals surface area contributed by atoms with Gasteiger partial charge in [-0.15, -0.1) is 0 Å². The van der Waals surface area contributed by atoms with E-state index in [0.29, 0.717) is 31.7 Å². The van der Waals surface area contributed by atoms with Gasteiger partial charge in [0, 0.05) is 36.1 Å². The van der Waals surface area contributed by atoms with Crippen LogP contribution >= 0.6 is 0 Å². The zero-order chi connectivity index (χ0) is 25.4. The molecule has 0 bridgehead atoms. The number of ether oxygens (including phenoxy) is 1. The number of hydrogen-bond acceptors (Lipinski definition) is 3. The van der Waals surface area contributed by atoms with Gasteiger partial charge in [-0.1, -0.05) is 60.7 Å². The van der Waals surface area contributed by atoms with E-state index in [-0.39, 0.29) is 5.91 Å². The molecule has 0 aliphatic heterocycles. The third-order valence-corrected chi connectivity index (χ3v) is 6.88. The topological polar surface area (TPSA) is 68.7 Å². The van der Waals surface area contributed by atoms with Crippen LogP contribution < -0.4 is 11.1 Å². The number of nitrogens with zero attached hydrogens (tertiary/aromatic N) is 1. The Kier molecular flexibility index (Phi) is 8.20. The number of carbonyl (C=O) groups excluding carboxylic acids is 1. The van der Waals surface area contributed by atoms with Crippen molar-refractivity contribution in [3.63, 3.8) is 0 Å². The van der Waals surface area contributed by atoms with Crippen LogP contribution in [0.5, 0.6) is 0 Å². The van der Waals surface area contributed by atoms with Crippen LogP contribution in [-0.2, 0) is 29.8 Å². The SMILES string of the molecule is [C-]#[N+]C1(c2cc(COCC(C)(N)Cc3ccccc3)cc(C(=O)NCc3ccccc3)c2)CCCC1. The molecule has 3 aromatic rings. The van der Waals surface area contributed by atoms with Crippen molar-refractivity contribution in [3.05, 3.63) is 118 Å². The van der Waals surface area contributed by atoms with Gasteiger partial charge in [-0.05, 0) is 61.1 Å². The molecule has 3 aromatic carbocycles. The van der Waals surface area contributed by atoms with Crippen molar-refractivity contribution in [2.45, 2.75) is 63.3 Å². The highest BCUT2D eigenvalue weighted by Crippen LogP contribution is 2.43. The molecule has 1 fully saturated rings. The van der Waals surface area contributed by atoms with E-state index in [9.17, 15) is 4.79 Å². The van der Waals surface area contributed by atoms with Crippen molar-refractivity contribution in [3.8, 4) is 0 Å². The summed E-state index contributed by atoms with van der Waals surface area (Å²) >= 11 is 0. The summed E-state index contributed by atoms with van der Waals surface area (Å²) in [6, 6.07) is 25.8. The molecule has 0 spiro atoms. The molecular formula is C31H35N3O2. The number of amides is 1. The summed E-state index contributed by atoms with van der Waals surface area (Å²) in [6.45, 7) is 11.1. The van der Waals surface area contributed by atoms with E-state index in [1.807, 2.05) is 73.7 Å². The van der Waals surface area contributed by atoms with Crippen molar-refractivity contribution >= 4 is 5.91 Å². The third-order valence-electron chi connectivity index (χ3n) is 6.88. The van der Waals surface area contributed by atoms with Crippen LogP contribution in [-0.4, -0.2) is 18.1 Å². The maximum Gasteiger partial charge on any atom is 0.257 e. The van der Waals surface area contributed by atoms with Gasteiger partial charge in [-0.2, -0.15) is 0 Å². The van der Waals surface area contributed by atoms with Crippen LogP contribution in [0.2, 0.25) is 0 Å². The summed E-state index contributed by atoms with van der Waals surface area (Å²) in [5, 5.41) is 3.02. The van der Waals surface area contributed by atoms with Crippen LogP contribution in [0.15, 0.2) is 78.9 Å². The Balaban J connectivity index is 1.49. The highest BCUT2D eigenvalue weighted by Gasteiger charge is 2.42. The Morgan fingerprint density at radius 3 is 2.28 bits per heavy atom. The second-order valence-corrected chi connectivity index (χ2v) is 10.2. The smallest absolute Gasteiger partial charge is 0.257 e. The molecule has 4 rings (SSSR count). The van der Waals surface area contributed by atoms with Gasteiger partial charge in [-0.25, -0.2) is 6.57 Å². The molecule has 3 N–H and O–H groups in total. The van der Waals surface area contributed by atoms with E-state index in [1.54, 1.807) is 0 Å². The molecule has 0 radical (unpaired) electrons. The number of rotatable bonds is 10. The van der Waals surface area contributed by atoms with Gasteiger partial charge in [0.2, 0.25) is 0 Å². The maximum absolute atomic E-state index is 13.1. The summed E-state index contributed by atoms with van der Waals surface area (Å²) in [7, 11) is 0. The van der Waals surface area contributed by atoms with Gasteiger partial charge in [0.15, 0.2) is 0 Å². The minimum Gasteiger partial charge on any atom is -0.375 e. The standard InChI is InChI=1S/C31H35N3O2/c1-30(32,20-24-11-5-3-6-12-24)23-36-22-26-17-27(29(35)34-21-25-13-7-4-8-14-25)19-28(18-26)31(33-2)15-9-10-16-31/h3-8,11-14,17-19H,9-10,15-16,20-23,32H2,1H3,(H,34,35). The fourth-order valence-electron chi connectivity index (χ4n) is 5.00. The van der Waals surface area contributed by atoms with Gasteiger partial charge in [-0.3, -0.25) is 4.79 Å². The van der Waals surface area contributed by atoms with Crippen molar-refractivity contribution in [1.29, 1.82) is 0 Å². The lowest BCUT2D eigenvalue weighted by Crippen LogP contribution is -2.43. The minimum atomic E-state index is -0.555. The van der Waals surface area contributed by atoms with Gasteiger partial charge < -0.3 is 20.6 Å². The first-order chi connectivity index (χ1) is 17.4. The molecule has 186 valence electrons. The average molecular weight is 482 g/mol. The molecule has 0 heterocycles. The third kappa shape index (κ3) is 6.60. The molecule has 5 nitrogen and oxygen atoms in total. The lowest BCUT2D eigenvalue weighted by atomic mass is 9.86. The van der Waals surface area contributed by atoms with E-state index >= 15 is 0 Å². The predicted octanol–water partition coefficient (Wildman–Crippen LogP) is 5.78. The van der Waals surface area contributed by atoms with Crippen molar-refractivity contribution in [2.24, 2.45) is 5.73 Å². The Morgan fingerprint density at radius 1 is 1.00 bits per heavy atom. The van der Waals surface area contributed by atoms with Crippen LogP contribution in [0.25, 0.3) is 4.85 Å². The van der Waals surface area contributed by atoms with E-state index in [1.165, 1.54) is 5.56 Å². The van der Waals surface area contributed by atoms with E-state index in [2.05, 4.69) is 22.3 Å². The van der Waals surface area contributed by atoms with E-state index < -0.39 is 11.1 Å². The fraction of sp³-hybridized carbons (Fsp3) is 0.355. The second-order valence-electron chi connectivity index (χ2n) is 10.2. The van der Waals surface area contributed by atoms with Crippen molar-refractivity contribution in [1.82, 2.24) is 5.32 Å². The monoisotopic (exact) mass is 481 g/mol. The Hall–Kier alpha value is -3.46. The molecule has 36 heavy (non-hydrogen) atoms. The fourth-order valence-corrected chi connectivity index (χ4v) is 5.00. The highest BCUT2D eigenvalue weighted by atomic mass is 16.5. The number of benzene rings is 3. The lowest BCUT2D eigenvalue weighted by Gasteiger charge is -2.25. The number of carbonyl (C=O) groups is 1. The van der Waals surface area contributed by atoms with Gasteiger partial charge >= 0.3 is 0 Å². The normalized spacial score (nSPS) is 16.1. The van der Waals surface area contributed by atoms with Crippen LogP contribution in [0, 0.1) is 6.57 Å². The minimum absolute atomic E-state index is 0.146. The largest absolute Gasteiger partial charge is 0.375 e. The maximum atomic E-state index is 13.1. The number of hydrogen-bond donors (Lipinski definition) is 2. The first-order valence-corrected chi connectivity index (χ1v) is 12.6. The van der Waals surface area contributed by atoms with Crippen molar-refractivity contribution < 1.29 is 9.53 Å². The second kappa shape index (κ2) is 11.5. The summed E-state index contributed by atoms with van der Waals surface area (Å²) in [6.07, 6.45) is 4.42.